The normalized spacial score (nSPS) is 10.9. The first-order valence-electron chi connectivity index (χ1n) is 5.94. The average Bonchev–Trinajstić information content (AvgIpc) is 2.38. The lowest BCUT2D eigenvalue weighted by atomic mass is 10.1. The first-order valence-corrected chi connectivity index (χ1v) is 5.94. The Kier molecular flexibility index (Phi) is 6.20. The van der Waals surface area contributed by atoms with E-state index in [1.165, 1.54) is 6.07 Å². The summed E-state index contributed by atoms with van der Waals surface area (Å²) >= 11 is 0. The van der Waals surface area contributed by atoms with E-state index in [9.17, 15) is 10.1 Å². The molecule has 106 valence electrons. The fraction of sp³-hybridized carbons (Fsp3) is 0.500. The van der Waals surface area contributed by atoms with E-state index in [0.717, 1.165) is 0 Å². The number of para-hydroxylation sites is 1. The molecule has 0 atom stereocenters. The van der Waals surface area contributed by atoms with Crippen LogP contribution < -0.4 is 5.73 Å². The van der Waals surface area contributed by atoms with Gasteiger partial charge in [0.1, 0.15) is 5.69 Å². The number of benzene rings is 1. The van der Waals surface area contributed by atoms with Gasteiger partial charge < -0.3 is 15.6 Å². The summed E-state index contributed by atoms with van der Waals surface area (Å²) in [4.78, 5) is 12.2. The maximum absolute atomic E-state index is 10.8. The van der Waals surface area contributed by atoms with Crippen molar-refractivity contribution in [2.75, 3.05) is 39.1 Å². The van der Waals surface area contributed by atoms with Crippen LogP contribution in [0.15, 0.2) is 18.2 Å². The van der Waals surface area contributed by atoms with Crippen molar-refractivity contribution in [2.24, 2.45) is 0 Å². The van der Waals surface area contributed by atoms with Crippen LogP contribution >= 0.6 is 0 Å². The minimum Gasteiger partial charge on any atom is -0.395 e. The fourth-order valence-electron chi connectivity index (χ4n) is 1.77. The van der Waals surface area contributed by atoms with E-state index in [-0.39, 0.29) is 18.0 Å². The highest BCUT2D eigenvalue weighted by Gasteiger charge is 2.16. The van der Waals surface area contributed by atoms with E-state index in [1.807, 2.05) is 4.90 Å². The number of nitrogens with zero attached hydrogens (tertiary/aromatic N) is 2. The molecule has 7 nitrogen and oxygen atoms in total. The number of aliphatic hydroxyl groups is 1. The van der Waals surface area contributed by atoms with Crippen LogP contribution in [0, 0.1) is 10.1 Å². The van der Waals surface area contributed by atoms with Gasteiger partial charge in [0.15, 0.2) is 0 Å². The van der Waals surface area contributed by atoms with Crippen LogP contribution in [0.2, 0.25) is 0 Å². The van der Waals surface area contributed by atoms with E-state index in [4.69, 9.17) is 15.6 Å². The second kappa shape index (κ2) is 7.67. The monoisotopic (exact) mass is 269 g/mol. The predicted molar refractivity (Wildman–Crippen MR) is 71.7 cm³/mol. The molecule has 0 bridgehead atoms. The summed E-state index contributed by atoms with van der Waals surface area (Å²) in [5.41, 5.74) is 6.56. The molecule has 0 aliphatic carbocycles. The van der Waals surface area contributed by atoms with Gasteiger partial charge in [-0.3, -0.25) is 15.0 Å². The molecule has 19 heavy (non-hydrogen) atoms. The summed E-state index contributed by atoms with van der Waals surface area (Å²) in [6.07, 6.45) is 0. The zero-order valence-electron chi connectivity index (χ0n) is 10.9. The molecule has 1 aromatic carbocycles. The van der Waals surface area contributed by atoms with Gasteiger partial charge in [0, 0.05) is 32.8 Å². The Morgan fingerprint density at radius 3 is 2.79 bits per heavy atom. The number of ether oxygens (including phenoxy) is 1. The van der Waals surface area contributed by atoms with Crippen molar-refractivity contribution in [2.45, 2.75) is 6.54 Å². The largest absolute Gasteiger partial charge is 0.395 e. The summed E-state index contributed by atoms with van der Waals surface area (Å²) < 4.78 is 4.99. The number of hydrogen-bond donors (Lipinski definition) is 2. The molecule has 1 rings (SSSR count). The van der Waals surface area contributed by atoms with Gasteiger partial charge in [-0.2, -0.15) is 0 Å². The highest BCUT2D eigenvalue weighted by Crippen LogP contribution is 2.25. The van der Waals surface area contributed by atoms with Gasteiger partial charge in [0.05, 0.1) is 18.1 Å². The van der Waals surface area contributed by atoms with Crippen molar-refractivity contribution < 1.29 is 14.8 Å². The van der Waals surface area contributed by atoms with Crippen molar-refractivity contribution in [3.05, 3.63) is 33.9 Å². The van der Waals surface area contributed by atoms with Crippen molar-refractivity contribution in [1.82, 2.24) is 4.90 Å². The smallest absolute Gasteiger partial charge is 0.292 e. The Balaban J connectivity index is 2.83. The number of aliphatic hydroxyl groups excluding tert-OH is 1. The zero-order valence-corrected chi connectivity index (χ0v) is 10.9. The van der Waals surface area contributed by atoms with Crippen molar-refractivity contribution in [3.8, 4) is 0 Å². The number of anilines is 1. The maximum atomic E-state index is 10.8. The van der Waals surface area contributed by atoms with Crippen LogP contribution in [0.4, 0.5) is 11.4 Å². The van der Waals surface area contributed by atoms with E-state index in [0.29, 0.717) is 31.8 Å². The number of nitrogen functional groups attached to an aromatic ring is 1. The Morgan fingerprint density at radius 2 is 2.21 bits per heavy atom. The Labute approximate surface area is 111 Å². The van der Waals surface area contributed by atoms with Crippen LogP contribution in [0.25, 0.3) is 0 Å². The Morgan fingerprint density at radius 1 is 1.47 bits per heavy atom. The molecule has 0 radical (unpaired) electrons. The number of hydrogen-bond acceptors (Lipinski definition) is 6. The van der Waals surface area contributed by atoms with Crippen LogP contribution in [0.1, 0.15) is 5.56 Å². The van der Waals surface area contributed by atoms with Crippen molar-refractivity contribution >= 4 is 11.4 Å². The molecule has 0 amide bonds. The third kappa shape index (κ3) is 4.47. The van der Waals surface area contributed by atoms with Gasteiger partial charge in [-0.1, -0.05) is 12.1 Å². The number of nitrogens with two attached hydrogens (primary N) is 1. The molecule has 0 spiro atoms. The molecule has 0 aromatic heterocycles. The third-order valence-electron chi connectivity index (χ3n) is 2.79. The summed E-state index contributed by atoms with van der Waals surface area (Å²) in [6, 6.07) is 4.74. The van der Waals surface area contributed by atoms with Gasteiger partial charge in [-0.05, 0) is 5.56 Å². The topological polar surface area (TPSA) is 102 Å². The maximum Gasteiger partial charge on any atom is 0.292 e. The molecular formula is C12H19N3O4. The molecule has 1 aromatic rings. The van der Waals surface area contributed by atoms with Gasteiger partial charge in [0.25, 0.3) is 5.69 Å². The molecule has 3 N–H and O–H groups in total. The van der Waals surface area contributed by atoms with E-state index >= 15 is 0 Å². The van der Waals surface area contributed by atoms with Gasteiger partial charge in [0.2, 0.25) is 0 Å². The molecule has 7 heteroatoms. The highest BCUT2D eigenvalue weighted by atomic mass is 16.6. The molecule has 0 saturated heterocycles. The van der Waals surface area contributed by atoms with Crippen LogP contribution in [-0.4, -0.2) is 48.3 Å². The highest BCUT2D eigenvalue weighted by molar-refractivity contribution is 5.62. The van der Waals surface area contributed by atoms with Crippen LogP contribution in [0.5, 0.6) is 0 Å². The lowest BCUT2D eigenvalue weighted by molar-refractivity contribution is -0.384. The lowest BCUT2D eigenvalue weighted by Gasteiger charge is -2.21. The first kappa shape index (κ1) is 15.4. The average molecular weight is 269 g/mol. The lowest BCUT2D eigenvalue weighted by Crippen LogP contribution is -2.30. The van der Waals surface area contributed by atoms with Gasteiger partial charge in [-0.25, -0.2) is 0 Å². The molecule has 0 unspecified atom stereocenters. The van der Waals surface area contributed by atoms with Crippen molar-refractivity contribution in [3.63, 3.8) is 0 Å². The van der Waals surface area contributed by atoms with E-state index in [2.05, 4.69) is 0 Å². The molecular weight excluding hydrogens is 250 g/mol. The predicted octanol–water partition coefficient (Wildman–Crippen LogP) is 0.618. The van der Waals surface area contributed by atoms with Gasteiger partial charge in [-0.15, -0.1) is 0 Å². The number of nitro benzene ring substituents is 1. The molecule has 0 aliphatic heterocycles. The Bertz CT molecular complexity index is 425. The molecule has 0 fully saturated rings. The molecule has 0 saturated carbocycles. The summed E-state index contributed by atoms with van der Waals surface area (Å²) in [7, 11) is 1.60. The number of methoxy groups -OCH3 is 1. The molecule has 0 heterocycles. The van der Waals surface area contributed by atoms with Crippen LogP contribution in [-0.2, 0) is 11.3 Å². The second-order valence-electron chi connectivity index (χ2n) is 4.10. The van der Waals surface area contributed by atoms with E-state index < -0.39 is 4.92 Å². The number of rotatable bonds is 8. The third-order valence-corrected chi connectivity index (χ3v) is 2.79. The standard InChI is InChI=1S/C12H19N3O4/c1-19-8-6-14(5-7-16)9-10-3-2-4-11(12(10)13)15(17)18/h2-4,16H,5-9,13H2,1H3. The summed E-state index contributed by atoms with van der Waals surface area (Å²) in [5.74, 6) is 0. The Hall–Kier alpha value is -1.70. The first-order chi connectivity index (χ1) is 9.10. The fourth-order valence-corrected chi connectivity index (χ4v) is 1.77. The quantitative estimate of drug-likeness (QED) is 0.407. The minimum absolute atomic E-state index is 0.0124. The number of nitro groups is 1. The van der Waals surface area contributed by atoms with Crippen molar-refractivity contribution in [1.29, 1.82) is 0 Å². The zero-order chi connectivity index (χ0) is 14.3. The van der Waals surface area contributed by atoms with Gasteiger partial charge >= 0.3 is 0 Å². The summed E-state index contributed by atoms with van der Waals surface area (Å²) in [6.45, 7) is 2.06. The summed E-state index contributed by atoms with van der Waals surface area (Å²) in [5, 5.41) is 19.8. The van der Waals surface area contributed by atoms with Crippen LogP contribution in [0.3, 0.4) is 0 Å². The minimum atomic E-state index is -0.496. The van der Waals surface area contributed by atoms with E-state index in [1.54, 1.807) is 19.2 Å². The molecule has 0 aliphatic rings. The second-order valence-corrected chi connectivity index (χ2v) is 4.10. The SMILES string of the molecule is COCCN(CCO)Cc1cccc([N+](=O)[O-])c1N.